The maximum Gasteiger partial charge on any atom is 0.311 e. The lowest BCUT2D eigenvalue weighted by Gasteiger charge is -2.17. The van der Waals surface area contributed by atoms with E-state index < -0.39 is 24.4 Å². The molecule has 8 nitrogen and oxygen atoms in total. The molecule has 1 aliphatic heterocycles. The van der Waals surface area contributed by atoms with Gasteiger partial charge in [-0.2, -0.15) is 0 Å². The number of hydrogen-bond acceptors (Lipinski definition) is 6. The van der Waals surface area contributed by atoms with Gasteiger partial charge in [0.15, 0.2) is 18.1 Å². The van der Waals surface area contributed by atoms with Crippen LogP contribution in [-0.2, 0) is 19.1 Å². The summed E-state index contributed by atoms with van der Waals surface area (Å²) in [4.78, 5) is 38.7. The highest BCUT2D eigenvalue weighted by molar-refractivity contribution is 6.00. The van der Waals surface area contributed by atoms with E-state index in [-0.39, 0.29) is 18.9 Å². The van der Waals surface area contributed by atoms with Gasteiger partial charge >= 0.3 is 5.97 Å². The molecule has 0 spiro atoms. The average Bonchev–Trinajstić information content (AvgIpc) is 3.25. The predicted octanol–water partition coefficient (Wildman–Crippen LogP) is 4.33. The Morgan fingerprint density at radius 1 is 1.00 bits per heavy atom. The number of hydrogen-bond donors (Lipinski definition) is 1. The van der Waals surface area contributed by atoms with Gasteiger partial charge < -0.3 is 24.4 Å². The Bertz CT molecular complexity index is 1220. The van der Waals surface area contributed by atoms with Crippen LogP contribution in [0.25, 0.3) is 0 Å². The summed E-state index contributed by atoms with van der Waals surface area (Å²) < 4.78 is 16.3. The normalized spacial score (nSPS) is 15.0. The van der Waals surface area contributed by atoms with E-state index in [2.05, 4.69) is 5.32 Å². The van der Waals surface area contributed by atoms with Gasteiger partial charge in [0.25, 0.3) is 5.91 Å². The van der Waals surface area contributed by atoms with Gasteiger partial charge in [0.05, 0.1) is 13.0 Å². The van der Waals surface area contributed by atoms with Crippen molar-refractivity contribution >= 4 is 29.2 Å². The number of nitrogens with zero attached hydrogens (tertiary/aromatic N) is 1. The van der Waals surface area contributed by atoms with Crippen LogP contribution in [0.2, 0.25) is 0 Å². The van der Waals surface area contributed by atoms with E-state index in [0.717, 1.165) is 5.56 Å². The molecule has 2 amide bonds. The SMILES string of the molecule is COc1ccccc1Oc1ccc(N2C[C@@H](C(=O)OCC(=O)Nc3cccc(C)c3)CC2=O)cc1. The molecule has 0 saturated carbocycles. The third kappa shape index (κ3) is 5.97. The number of aryl methyl sites for hydroxylation is 1. The van der Waals surface area contributed by atoms with Gasteiger partial charge in [0, 0.05) is 24.3 Å². The van der Waals surface area contributed by atoms with Crippen LogP contribution < -0.4 is 19.7 Å². The van der Waals surface area contributed by atoms with Gasteiger partial charge in [-0.25, -0.2) is 0 Å². The Hall–Kier alpha value is -4.33. The molecule has 0 aromatic heterocycles. The second kappa shape index (κ2) is 10.7. The van der Waals surface area contributed by atoms with E-state index in [1.165, 1.54) is 4.90 Å². The molecule has 8 heteroatoms. The average molecular weight is 475 g/mol. The lowest BCUT2D eigenvalue weighted by atomic mass is 10.1. The molecule has 1 saturated heterocycles. The van der Waals surface area contributed by atoms with Crippen molar-refractivity contribution in [1.82, 2.24) is 0 Å². The van der Waals surface area contributed by atoms with Crippen molar-refractivity contribution in [2.75, 3.05) is 30.5 Å². The van der Waals surface area contributed by atoms with Crippen molar-refractivity contribution in [2.24, 2.45) is 5.92 Å². The van der Waals surface area contributed by atoms with Crippen LogP contribution >= 0.6 is 0 Å². The molecule has 0 radical (unpaired) electrons. The Kier molecular flexibility index (Phi) is 7.30. The fourth-order valence-corrected chi connectivity index (χ4v) is 3.81. The molecule has 0 bridgehead atoms. The summed E-state index contributed by atoms with van der Waals surface area (Å²) in [5.74, 6) is -0.0598. The summed E-state index contributed by atoms with van der Waals surface area (Å²) in [6.45, 7) is 1.69. The number of amides is 2. The fourth-order valence-electron chi connectivity index (χ4n) is 3.81. The monoisotopic (exact) mass is 474 g/mol. The zero-order valence-corrected chi connectivity index (χ0v) is 19.5. The quantitative estimate of drug-likeness (QED) is 0.489. The Morgan fingerprint density at radius 3 is 2.46 bits per heavy atom. The first-order chi connectivity index (χ1) is 16.9. The number of nitrogens with one attached hydrogen (secondary N) is 1. The predicted molar refractivity (Wildman–Crippen MR) is 131 cm³/mol. The molecule has 1 N–H and O–H groups in total. The number of ether oxygens (including phenoxy) is 3. The van der Waals surface area contributed by atoms with Gasteiger partial charge in [0.1, 0.15) is 5.75 Å². The summed E-state index contributed by atoms with van der Waals surface area (Å²) in [6, 6.07) is 21.6. The number of esters is 1. The molecule has 0 aliphatic carbocycles. The molecular weight excluding hydrogens is 448 g/mol. The highest BCUT2D eigenvalue weighted by Gasteiger charge is 2.36. The third-order valence-corrected chi connectivity index (χ3v) is 5.55. The maximum absolute atomic E-state index is 12.6. The summed E-state index contributed by atoms with van der Waals surface area (Å²) >= 11 is 0. The molecule has 0 unspecified atom stereocenters. The van der Waals surface area contributed by atoms with Crippen LogP contribution in [0.15, 0.2) is 72.8 Å². The minimum atomic E-state index is -0.640. The summed E-state index contributed by atoms with van der Waals surface area (Å²) in [5.41, 5.74) is 2.28. The molecular formula is C27H26N2O6. The molecule has 35 heavy (non-hydrogen) atoms. The van der Waals surface area contributed by atoms with E-state index in [1.54, 1.807) is 49.6 Å². The molecule has 1 aliphatic rings. The van der Waals surface area contributed by atoms with Crippen molar-refractivity contribution in [3.8, 4) is 17.2 Å². The van der Waals surface area contributed by atoms with Crippen molar-refractivity contribution in [3.63, 3.8) is 0 Å². The van der Waals surface area contributed by atoms with Crippen molar-refractivity contribution in [2.45, 2.75) is 13.3 Å². The molecule has 1 fully saturated rings. The van der Waals surface area contributed by atoms with E-state index in [0.29, 0.717) is 28.6 Å². The highest BCUT2D eigenvalue weighted by atomic mass is 16.5. The van der Waals surface area contributed by atoms with Gasteiger partial charge in [-0.1, -0.05) is 24.3 Å². The highest BCUT2D eigenvalue weighted by Crippen LogP contribution is 2.33. The largest absolute Gasteiger partial charge is 0.493 e. The fraction of sp³-hybridized carbons (Fsp3) is 0.222. The zero-order chi connectivity index (χ0) is 24.8. The van der Waals surface area contributed by atoms with Crippen LogP contribution in [0.1, 0.15) is 12.0 Å². The standard InChI is InChI=1S/C27H26N2O6/c1-18-6-5-7-20(14-18)28-25(30)17-34-27(32)19-15-26(31)29(16-19)21-10-12-22(13-11-21)35-24-9-4-3-8-23(24)33-2/h3-14,19H,15-17H2,1-2H3,(H,28,30)/t19-/m0/s1. The van der Waals surface area contributed by atoms with Crippen LogP contribution in [0, 0.1) is 12.8 Å². The van der Waals surface area contributed by atoms with Gasteiger partial charge in [-0.15, -0.1) is 0 Å². The van der Waals surface area contributed by atoms with Gasteiger partial charge in [-0.3, -0.25) is 14.4 Å². The Labute approximate surface area is 203 Å². The van der Waals surface area contributed by atoms with Crippen LogP contribution in [-0.4, -0.2) is 38.0 Å². The molecule has 180 valence electrons. The molecule has 1 atom stereocenters. The lowest BCUT2D eigenvalue weighted by Crippen LogP contribution is -2.28. The Morgan fingerprint density at radius 2 is 1.74 bits per heavy atom. The van der Waals surface area contributed by atoms with Gasteiger partial charge in [0.2, 0.25) is 5.91 Å². The van der Waals surface area contributed by atoms with Crippen LogP contribution in [0.4, 0.5) is 11.4 Å². The van der Waals surface area contributed by atoms with Crippen LogP contribution in [0.5, 0.6) is 17.2 Å². The lowest BCUT2D eigenvalue weighted by molar-refractivity contribution is -0.151. The summed E-state index contributed by atoms with van der Waals surface area (Å²) in [5, 5.41) is 2.69. The number of carbonyl (C=O) groups is 3. The number of methoxy groups -OCH3 is 1. The topological polar surface area (TPSA) is 94.2 Å². The second-order valence-electron chi connectivity index (χ2n) is 8.18. The van der Waals surface area contributed by atoms with E-state index in [1.807, 2.05) is 37.3 Å². The van der Waals surface area contributed by atoms with Crippen molar-refractivity contribution in [3.05, 3.63) is 78.4 Å². The van der Waals surface area contributed by atoms with Crippen LogP contribution in [0.3, 0.4) is 0 Å². The number of benzene rings is 3. The van der Waals surface area contributed by atoms with E-state index >= 15 is 0 Å². The first kappa shape index (κ1) is 23.8. The van der Waals surface area contributed by atoms with Crippen molar-refractivity contribution < 1.29 is 28.6 Å². The number of para-hydroxylation sites is 2. The number of carbonyl (C=O) groups excluding carboxylic acids is 3. The first-order valence-electron chi connectivity index (χ1n) is 11.2. The third-order valence-electron chi connectivity index (χ3n) is 5.55. The minimum absolute atomic E-state index is 0.0256. The van der Waals surface area contributed by atoms with E-state index in [9.17, 15) is 14.4 Å². The smallest absolute Gasteiger partial charge is 0.311 e. The second-order valence-corrected chi connectivity index (χ2v) is 8.18. The summed E-state index contributed by atoms with van der Waals surface area (Å²) in [7, 11) is 1.57. The molecule has 3 aromatic rings. The van der Waals surface area contributed by atoms with Crippen molar-refractivity contribution in [1.29, 1.82) is 0 Å². The molecule has 3 aromatic carbocycles. The Balaban J connectivity index is 1.31. The molecule has 1 heterocycles. The zero-order valence-electron chi connectivity index (χ0n) is 19.5. The summed E-state index contributed by atoms with van der Waals surface area (Å²) in [6.07, 6.45) is 0.0256. The molecule has 4 rings (SSSR count). The maximum atomic E-state index is 12.6. The van der Waals surface area contributed by atoms with Gasteiger partial charge in [-0.05, 0) is 61.0 Å². The number of rotatable bonds is 8. The minimum Gasteiger partial charge on any atom is -0.493 e. The van der Waals surface area contributed by atoms with E-state index in [4.69, 9.17) is 14.2 Å². The number of anilines is 2. The first-order valence-corrected chi connectivity index (χ1v) is 11.2.